The summed E-state index contributed by atoms with van der Waals surface area (Å²) >= 11 is 6.10. The Bertz CT molecular complexity index is 825. The molecule has 5 rings (SSSR count). The Kier molecular flexibility index (Phi) is 5.96. The molecular weight excluding hydrogens is 396 g/mol. The van der Waals surface area contributed by atoms with Gasteiger partial charge in [-0.3, -0.25) is 9.80 Å². The molecule has 30 heavy (non-hydrogen) atoms. The van der Waals surface area contributed by atoms with E-state index in [1.54, 1.807) is 0 Å². The Morgan fingerprint density at radius 2 is 1.77 bits per heavy atom. The lowest BCUT2D eigenvalue weighted by Crippen LogP contribution is -2.61. The van der Waals surface area contributed by atoms with E-state index in [9.17, 15) is 5.11 Å². The second kappa shape index (κ2) is 8.83. The number of aliphatic hydroxyl groups excluding tert-OH is 1. The molecule has 160 valence electrons. The van der Waals surface area contributed by atoms with Crippen molar-refractivity contribution in [2.45, 2.75) is 49.9 Å². The first-order chi connectivity index (χ1) is 14.7. The van der Waals surface area contributed by atoms with Gasteiger partial charge in [0.25, 0.3) is 0 Å². The molecule has 3 aliphatic heterocycles. The van der Waals surface area contributed by atoms with E-state index in [0.717, 1.165) is 56.4 Å². The van der Waals surface area contributed by atoms with Crippen molar-refractivity contribution in [3.63, 3.8) is 0 Å². The number of hydrogen-bond acceptors (Lipinski definition) is 5. The van der Waals surface area contributed by atoms with Crippen molar-refractivity contribution in [1.82, 2.24) is 14.8 Å². The van der Waals surface area contributed by atoms with Crippen LogP contribution in [0.4, 0.5) is 5.82 Å². The third-order valence-electron chi connectivity index (χ3n) is 7.13. The van der Waals surface area contributed by atoms with Gasteiger partial charge in [-0.2, -0.15) is 0 Å². The summed E-state index contributed by atoms with van der Waals surface area (Å²) < 4.78 is 0. The number of anilines is 1. The van der Waals surface area contributed by atoms with Crippen LogP contribution in [0.25, 0.3) is 0 Å². The van der Waals surface area contributed by atoms with E-state index in [1.807, 2.05) is 24.4 Å². The topological polar surface area (TPSA) is 42.8 Å². The third-order valence-corrected chi connectivity index (χ3v) is 7.38. The number of benzene rings is 1. The fraction of sp³-hybridized carbons (Fsp3) is 0.542. The molecule has 3 saturated heterocycles. The van der Waals surface area contributed by atoms with Crippen LogP contribution in [0, 0.1) is 0 Å². The summed E-state index contributed by atoms with van der Waals surface area (Å²) in [4.78, 5) is 12.2. The zero-order chi connectivity index (χ0) is 20.5. The fourth-order valence-electron chi connectivity index (χ4n) is 5.63. The van der Waals surface area contributed by atoms with Crippen LogP contribution in [0.2, 0.25) is 5.02 Å². The van der Waals surface area contributed by atoms with Crippen molar-refractivity contribution in [1.29, 1.82) is 0 Å². The number of piperidine rings is 1. The standard InChI is InChI=1S/C24H31ClN4O/c25-19-6-4-18(5-7-19)13-22-15-28-17-23(30)14-21(28)16-29(22)20-8-11-27(12-9-20)24-3-1-2-10-26-24/h1-7,10,20-23,30H,8-9,11-17H2/t21-,22-,23-/m0/s1. The maximum Gasteiger partial charge on any atom is 0.128 e. The number of rotatable bonds is 4. The first-order valence-corrected chi connectivity index (χ1v) is 11.6. The molecule has 4 heterocycles. The smallest absolute Gasteiger partial charge is 0.128 e. The molecule has 0 unspecified atom stereocenters. The van der Waals surface area contributed by atoms with Gasteiger partial charge in [-0.05, 0) is 55.5 Å². The summed E-state index contributed by atoms with van der Waals surface area (Å²) in [6, 6.07) is 16.1. The van der Waals surface area contributed by atoms with Gasteiger partial charge in [0.15, 0.2) is 0 Å². The SMILES string of the molecule is O[C@H]1C[C@H]2CN(C3CCN(c4ccccn4)CC3)[C@@H](Cc3ccc(Cl)cc3)CN2C1. The Morgan fingerprint density at radius 3 is 2.50 bits per heavy atom. The van der Waals surface area contributed by atoms with Gasteiger partial charge in [0.2, 0.25) is 0 Å². The van der Waals surface area contributed by atoms with Gasteiger partial charge in [0, 0.05) is 62.1 Å². The van der Waals surface area contributed by atoms with Gasteiger partial charge >= 0.3 is 0 Å². The molecular formula is C24H31ClN4O. The van der Waals surface area contributed by atoms with Crippen LogP contribution in [-0.4, -0.2) is 76.8 Å². The summed E-state index contributed by atoms with van der Waals surface area (Å²) in [7, 11) is 0. The van der Waals surface area contributed by atoms with Crippen LogP contribution in [0.1, 0.15) is 24.8 Å². The van der Waals surface area contributed by atoms with Crippen LogP contribution in [0.15, 0.2) is 48.7 Å². The molecule has 0 amide bonds. The van der Waals surface area contributed by atoms with E-state index < -0.39 is 0 Å². The van der Waals surface area contributed by atoms with E-state index in [-0.39, 0.29) is 6.10 Å². The Morgan fingerprint density at radius 1 is 0.967 bits per heavy atom. The van der Waals surface area contributed by atoms with Crippen molar-refractivity contribution < 1.29 is 5.11 Å². The first kappa shape index (κ1) is 20.3. The molecule has 2 aromatic rings. The van der Waals surface area contributed by atoms with Crippen molar-refractivity contribution in [2.24, 2.45) is 0 Å². The number of fused-ring (bicyclic) bond motifs is 1. The molecule has 0 bridgehead atoms. The molecule has 1 N–H and O–H groups in total. The molecule has 3 fully saturated rings. The lowest BCUT2D eigenvalue weighted by Gasteiger charge is -2.49. The lowest BCUT2D eigenvalue weighted by atomic mass is 9.94. The van der Waals surface area contributed by atoms with Crippen LogP contribution in [0.5, 0.6) is 0 Å². The molecule has 3 atom stereocenters. The number of hydrogen-bond donors (Lipinski definition) is 1. The van der Waals surface area contributed by atoms with Crippen molar-refractivity contribution in [2.75, 3.05) is 37.6 Å². The van der Waals surface area contributed by atoms with Gasteiger partial charge in [-0.15, -0.1) is 0 Å². The monoisotopic (exact) mass is 426 g/mol. The Labute approximate surface area is 184 Å². The Hall–Kier alpha value is -1.66. The lowest BCUT2D eigenvalue weighted by molar-refractivity contribution is 0.0122. The van der Waals surface area contributed by atoms with Crippen LogP contribution < -0.4 is 4.90 Å². The molecule has 0 saturated carbocycles. The maximum atomic E-state index is 10.2. The van der Waals surface area contributed by atoms with Crippen molar-refractivity contribution >= 4 is 17.4 Å². The molecule has 3 aliphatic rings. The van der Waals surface area contributed by atoms with Gasteiger partial charge in [-0.1, -0.05) is 29.8 Å². The van der Waals surface area contributed by atoms with E-state index in [1.165, 1.54) is 18.4 Å². The van der Waals surface area contributed by atoms with E-state index in [2.05, 4.69) is 43.9 Å². The predicted octanol–water partition coefficient (Wildman–Crippen LogP) is 3.07. The average molecular weight is 427 g/mol. The predicted molar refractivity (Wildman–Crippen MR) is 121 cm³/mol. The van der Waals surface area contributed by atoms with E-state index in [4.69, 9.17) is 11.6 Å². The average Bonchev–Trinajstić information content (AvgIpc) is 3.14. The number of piperazine rings is 1. The molecule has 0 radical (unpaired) electrons. The quantitative estimate of drug-likeness (QED) is 0.813. The number of pyridine rings is 1. The minimum absolute atomic E-state index is 0.169. The summed E-state index contributed by atoms with van der Waals surface area (Å²) in [6.45, 7) is 5.06. The fourth-order valence-corrected chi connectivity index (χ4v) is 5.75. The molecule has 0 spiro atoms. The minimum Gasteiger partial charge on any atom is -0.392 e. The number of nitrogens with zero attached hydrogens (tertiary/aromatic N) is 4. The summed E-state index contributed by atoms with van der Waals surface area (Å²) in [5.41, 5.74) is 1.35. The highest BCUT2D eigenvalue weighted by Crippen LogP contribution is 2.31. The molecule has 0 aliphatic carbocycles. The number of aromatic nitrogens is 1. The second-order valence-electron chi connectivity index (χ2n) is 9.08. The van der Waals surface area contributed by atoms with Gasteiger partial charge < -0.3 is 10.0 Å². The second-order valence-corrected chi connectivity index (χ2v) is 9.52. The molecule has 1 aromatic heterocycles. The largest absolute Gasteiger partial charge is 0.392 e. The normalized spacial score (nSPS) is 28.6. The summed E-state index contributed by atoms with van der Waals surface area (Å²) in [6.07, 6.45) is 6.01. The number of halogens is 1. The summed E-state index contributed by atoms with van der Waals surface area (Å²) in [5.74, 6) is 1.09. The zero-order valence-corrected chi connectivity index (χ0v) is 18.2. The maximum absolute atomic E-state index is 10.2. The summed E-state index contributed by atoms with van der Waals surface area (Å²) in [5, 5.41) is 11.0. The van der Waals surface area contributed by atoms with E-state index >= 15 is 0 Å². The zero-order valence-electron chi connectivity index (χ0n) is 17.4. The Balaban J connectivity index is 1.29. The molecule has 1 aromatic carbocycles. The van der Waals surface area contributed by atoms with Crippen molar-refractivity contribution in [3.8, 4) is 0 Å². The van der Waals surface area contributed by atoms with Gasteiger partial charge in [0.1, 0.15) is 5.82 Å². The number of aliphatic hydroxyl groups is 1. The van der Waals surface area contributed by atoms with Crippen LogP contribution >= 0.6 is 11.6 Å². The molecule has 6 heteroatoms. The van der Waals surface area contributed by atoms with Crippen LogP contribution in [-0.2, 0) is 6.42 Å². The van der Waals surface area contributed by atoms with Crippen LogP contribution in [0.3, 0.4) is 0 Å². The van der Waals surface area contributed by atoms with Gasteiger partial charge in [-0.25, -0.2) is 4.98 Å². The third kappa shape index (κ3) is 4.35. The minimum atomic E-state index is -0.169. The van der Waals surface area contributed by atoms with Gasteiger partial charge in [0.05, 0.1) is 6.10 Å². The van der Waals surface area contributed by atoms with Crippen molar-refractivity contribution in [3.05, 3.63) is 59.2 Å². The van der Waals surface area contributed by atoms with E-state index in [0.29, 0.717) is 18.1 Å². The highest BCUT2D eigenvalue weighted by Gasteiger charge is 2.42. The first-order valence-electron chi connectivity index (χ1n) is 11.2. The highest BCUT2D eigenvalue weighted by atomic mass is 35.5. The highest BCUT2D eigenvalue weighted by molar-refractivity contribution is 6.30. The molecule has 5 nitrogen and oxygen atoms in total.